The van der Waals surface area contributed by atoms with E-state index < -0.39 is 10.0 Å². The molecule has 2 fully saturated rings. The lowest BCUT2D eigenvalue weighted by Gasteiger charge is -2.51. The number of hydrogen-bond donors (Lipinski definition) is 1. The highest BCUT2D eigenvalue weighted by Crippen LogP contribution is 2.42. The molecule has 1 N–H and O–H groups in total. The molecular weight excluding hydrogens is 392 g/mol. The Balaban J connectivity index is 1.27. The van der Waals surface area contributed by atoms with E-state index in [-0.39, 0.29) is 17.6 Å². The van der Waals surface area contributed by atoms with Crippen molar-refractivity contribution in [1.82, 2.24) is 19.2 Å². The Hall–Kier alpha value is -2.23. The molecule has 2 aliphatic rings. The summed E-state index contributed by atoms with van der Waals surface area (Å²) in [5.41, 5.74) is 0.661. The van der Waals surface area contributed by atoms with Gasteiger partial charge in [-0.1, -0.05) is 12.1 Å². The van der Waals surface area contributed by atoms with E-state index in [1.54, 1.807) is 46.5 Å². The van der Waals surface area contributed by atoms with Crippen LogP contribution in [0.5, 0.6) is 0 Å². The fourth-order valence-electron chi connectivity index (χ4n) is 4.12. The Labute approximate surface area is 170 Å². The van der Waals surface area contributed by atoms with E-state index in [1.807, 2.05) is 13.0 Å². The van der Waals surface area contributed by atoms with Crippen molar-refractivity contribution < 1.29 is 17.9 Å². The molecule has 2 aliphatic heterocycles. The van der Waals surface area contributed by atoms with E-state index >= 15 is 0 Å². The molecule has 0 unspecified atom stereocenters. The quantitative estimate of drug-likeness (QED) is 0.794. The summed E-state index contributed by atoms with van der Waals surface area (Å²) in [5.74, 6) is 0.148. The fourth-order valence-corrected chi connectivity index (χ4v) is 5.67. The molecule has 2 saturated heterocycles. The summed E-state index contributed by atoms with van der Waals surface area (Å²) < 4.78 is 35.0. The summed E-state index contributed by atoms with van der Waals surface area (Å²) in [6.07, 6.45) is 5.43. The third-order valence-corrected chi connectivity index (χ3v) is 7.69. The first kappa shape index (κ1) is 20.1. The largest absolute Gasteiger partial charge is 0.370 e. The van der Waals surface area contributed by atoms with E-state index in [0.717, 1.165) is 12.0 Å². The molecule has 0 bridgehead atoms. The Bertz CT molecular complexity index is 1000. The fraction of sp³-hybridized carbons (Fsp3) is 0.500. The summed E-state index contributed by atoms with van der Waals surface area (Å²) in [7, 11) is -1.70. The first-order valence-electron chi connectivity index (χ1n) is 9.79. The Morgan fingerprint density at radius 3 is 2.69 bits per heavy atom. The number of benzene rings is 1. The highest BCUT2D eigenvalue weighted by Gasteiger charge is 2.48. The first-order chi connectivity index (χ1) is 13.8. The average molecular weight is 419 g/mol. The number of carbonyl (C=O) groups excluding carboxylic acids is 1. The molecule has 156 valence electrons. The molecule has 1 atom stereocenters. The van der Waals surface area contributed by atoms with Gasteiger partial charge >= 0.3 is 0 Å². The monoisotopic (exact) mass is 418 g/mol. The maximum atomic E-state index is 12.9. The molecule has 1 aromatic carbocycles. The summed E-state index contributed by atoms with van der Waals surface area (Å²) >= 11 is 0. The van der Waals surface area contributed by atoms with Crippen LogP contribution in [0.1, 0.15) is 35.4 Å². The Morgan fingerprint density at radius 2 is 2.07 bits per heavy atom. The zero-order valence-electron chi connectivity index (χ0n) is 16.7. The predicted molar refractivity (Wildman–Crippen MR) is 107 cm³/mol. The van der Waals surface area contributed by atoms with Crippen molar-refractivity contribution >= 4 is 15.9 Å². The number of rotatable bonds is 5. The molecular formula is C20H26N4O4S. The molecule has 0 saturated carbocycles. The minimum absolute atomic E-state index is 0.0425. The van der Waals surface area contributed by atoms with Crippen molar-refractivity contribution in [1.29, 1.82) is 0 Å². The molecule has 0 radical (unpaired) electrons. The van der Waals surface area contributed by atoms with E-state index in [2.05, 4.69) is 10.3 Å². The van der Waals surface area contributed by atoms with Crippen LogP contribution in [0, 0.1) is 6.92 Å². The van der Waals surface area contributed by atoms with E-state index in [1.165, 1.54) is 0 Å². The molecule has 4 rings (SSSR count). The summed E-state index contributed by atoms with van der Waals surface area (Å²) in [6.45, 7) is 3.21. The molecule has 0 aliphatic carbocycles. The highest BCUT2D eigenvalue weighted by molar-refractivity contribution is 7.89. The maximum Gasteiger partial charge on any atom is 0.287 e. The topological polar surface area (TPSA) is 93.5 Å². The Morgan fingerprint density at radius 1 is 1.34 bits per heavy atom. The first-order valence-corrected chi connectivity index (χ1v) is 11.2. The number of aromatic nitrogens is 2. The second-order valence-electron chi connectivity index (χ2n) is 7.92. The van der Waals surface area contributed by atoms with Crippen LogP contribution in [-0.2, 0) is 21.8 Å². The third kappa shape index (κ3) is 3.94. The third-order valence-electron chi connectivity index (χ3n) is 5.79. The summed E-state index contributed by atoms with van der Waals surface area (Å²) in [4.78, 5) is 16.5. The van der Waals surface area contributed by atoms with Crippen LogP contribution < -0.4 is 5.32 Å². The number of hydrogen-bond acceptors (Lipinski definition) is 5. The van der Waals surface area contributed by atoms with E-state index in [0.29, 0.717) is 43.2 Å². The normalized spacial score (nSPS) is 21.7. The molecule has 1 aromatic heterocycles. The number of sulfonamides is 1. The second kappa shape index (κ2) is 7.55. The SMILES string of the molecule is Cc1cccc(S(=O)(=O)N2CCC3(CC2)C[C@H](CNC(=O)c2nccn2C)O3)c1. The van der Waals surface area contributed by atoms with Gasteiger partial charge in [0.1, 0.15) is 0 Å². The van der Waals surface area contributed by atoms with E-state index in [9.17, 15) is 13.2 Å². The van der Waals surface area contributed by atoms with Crippen molar-refractivity contribution in [3.63, 3.8) is 0 Å². The second-order valence-corrected chi connectivity index (χ2v) is 9.86. The molecule has 29 heavy (non-hydrogen) atoms. The van der Waals surface area contributed by atoms with Crippen molar-refractivity contribution in [2.24, 2.45) is 7.05 Å². The van der Waals surface area contributed by atoms with Gasteiger partial charge in [0.05, 0.1) is 16.6 Å². The van der Waals surface area contributed by atoms with Gasteiger partial charge in [-0.2, -0.15) is 4.31 Å². The van der Waals surface area contributed by atoms with Gasteiger partial charge in [-0.3, -0.25) is 4.79 Å². The van der Waals surface area contributed by atoms with Crippen LogP contribution in [-0.4, -0.2) is 59.5 Å². The maximum absolute atomic E-state index is 12.9. The van der Waals surface area contributed by atoms with Crippen LogP contribution in [0.25, 0.3) is 0 Å². The number of nitrogens with one attached hydrogen (secondary N) is 1. The van der Waals surface area contributed by atoms with Crippen LogP contribution in [0.15, 0.2) is 41.6 Å². The number of piperidine rings is 1. The number of carbonyl (C=O) groups is 1. The predicted octanol–water partition coefficient (Wildman–Crippen LogP) is 1.47. The van der Waals surface area contributed by atoms with Crippen LogP contribution in [0.4, 0.5) is 0 Å². The molecule has 9 heteroatoms. The van der Waals surface area contributed by atoms with Crippen LogP contribution >= 0.6 is 0 Å². The summed E-state index contributed by atoms with van der Waals surface area (Å²) in [5, 5.41) is 2.86. The van der Waals surface area contributed by atoms with Gasteiger partial charge < -0.3 is 14.6 Å². The standard InChI is InChI=1S/C20H26N4O4S/c1-15-4-3-5-17(12-15)29(26,27)24-9-6-20(7-10-24)13-16(28-20)14-22-19(25)18-21-8-11-23(18)2/h3-5,8,11-12,16H,6-7,9-10,13-14H2,1-2H3,(H,22,25)/t16-/m1/s1. The van der Waals surface area contributed by atoms with Crippen LogP contribution in [0.3, 0.4) is 0 Å². The highest BCUT2D eigenvalue weighted by atomic mass is 32.2. The average Bonchev–Trinajstić information content (AvgIpc) is 3.10. The van der Waals surface area contributed by atoms with Gasteiger partial charge in [0.2, 0.25) is 10.0 Å². The molecule has 8 nitrogen and oxygen atoms in total. The van der Waals surface area contributed by atoms with Crippen molar-refractivity contribution in [3.8, 4) is 0 Å². The molecule has 3 heterocycles. The number of aryl methyl sites for hydroxylation is 2. The van der Waals surface area contributed by atoms with Gasteiger partial charge in [-0.25, -0.2) is 13.4 Å². The molecule has 1 spiro atoms. The van der Waals surface area contributed by atoms with Crippen molar-refractivity contribution in [2.75, 3.05) is 19.6 Å². The summed E-state index contributed by atoms with van der Waals surface area (Å²) in [6, 6.07) is 7.01. The van der Waals surface area contributed by atoms with Gasteiger partial charge in [0.15, 0.2) is 5.82 Å². The van der Waals surface area contributed by atoms with Gasteiger partial charge in [0, 0.05) is 45.5 Å². The number of ether oxygens (including phenoxy) is 1. The smallest absolute Gasteiger partial charge is 0.287 e. The number of imidazole rings is 1. The van der Waals surface area contributed by atoms with E-state index in [4.69, 9.17) is 4.74 Å². The molecule has 1 amide bonds. The lowest BCUT2D eigenvalue weighted by atomic mass is 9.81. The lowest BCUT2D eigenvalue weighted by Crippen LogP contribution is -2.59. The number of nitrogens with zero attached hydrogens (tertiary/aromatic N) is 3. The van der Waals surface area contributed by atoms with Crippen molar-refractivity contribution in [3.05, 3.63) is 48.0 Å². The zero-order valence-corrected chi connectivity index (χ0v) is 17.5. The molecule has 2 aromatic rings. The Kier molecular flexibility index (Phi) is 5.22. The number of amides is 1. The van der Waals surface area contributed by atoms with Gasteiger partial charge in [-0.15, -0.1) is 0 Å². The zero-order chi connectivity index (χ0) is 20.6. The minimum atomic E-state index is -3.47. The van der Waals surface area contributed by atoms with Gasteiger partial charge in [-0.05, 0) is 37.5 Å². The van der Waals surface area contributed by atoms with Crippen LogP contribution in [0.2, 0.25) is 0 Å². The van der Waals surface area contributed by atoms with Gasteiger partial charge in [0.25, 0.3) is 5.91 Å². The van der Waals surface area contributed by atoms with Crippen molar-refractivity contribution in [2.45, 2.75) is 42.8 Å². The lowest BCUT2D eigenvalue weighted by molar-refractivity contribution is -0.218. The minimum Gasteiger partial charge on any atom is -0.370 e.